The summed E-state index contributed by atoms with van der Waals surface area (Å²) in [4.78, 5) is 12.7. The molecule has 1 amide bonds. The van der Waals surface area contributed by atoms with E-state index in [2.05, 4.69) is 26.3 Å². The molecule has 0 atom stereocenters. The molecule has 0 bridgehead atoms. The van der Waals surface area contributed by atoms with Gasteiger partial charge in [0.2, 0.25) is 0 Å². The number of ether oxygens (including phenoxy) is 1. The smallest absolute Gasteiger partial charge is 0.291 e. The minimum absolute atomic E-state index is 0.0437. The summed E-state index contributed by atoms with van der Waals surface area (Å²) >= 11 is 21.7. The van der Waals surface area contributed by atoms with Gasteiger partial charge in [0.25, 0.3) is 5.91 Å². The molecule has 0 aliphatic heterocycles. The normalized spacial score (nSPS) is 11.0. The number of nitrogens with zero attached hydrogens (tertiary/aromatic N) is 2. The average molecular weight is 584 g/mol. The lowest BCUT2D eigenvalue weighted by Gasteiger charge is -2.09. The molecule has 0 saturated heterocycles. The van der Waals surface area contributed by atoms with Crippen molar-refractivity contribution in [2.75, 3.05) is 5.32 Å². The maximum atomic E-state index is 12.7. The van der Waals surface area contributed by atoms with Gasteiger partial charge < -0.3 is 14.5 Å². The van der Waals surface area contributed by atoms with E-state index < -0.39 is 0 Å². The van der Waals surface area contributed by atoms with Crippen LogP contribution in [0, 0.1) is 13.8 Å². The van der Waals surface area contributed by atoms with Crippen LogP contribution in [0.5, 0.6) is 5.75 Å². The summed E-state index contributed by atoms with van der Waals surface area (Å²) < 4.78 is 14.2. The van der Waals surface area contributed by atoms with Gasteiger partial charge in [0.15, 0.2) is 11.5 Å². The average Bonchev–Trinajstić information content (AvgIpc) is 3.34. The number of hydrogen-bond donors (Lipinski definition) is 1. The number of benzene rings is 2. The van der Waals surface area contributed by atoms with Crippen molar-refractivity contribution in [2.24, 2.45) is 0 Å². The summed E-state index contributed by atoms with van der Waals surface area (Å²) in [6.07, 6.45) is 0. The third kappa shape index (κ3) is 5.61. The second kappa shape index (κ2) is 10.4. The number of aryl methyl sites for hydroxylation is 1. The number of carbonyl (C=O) groups is 1. The largest absolute Gasteiger partial charge is 0.483 e. The molecule has 0 aliphatic carbocycles. The second-order valence-corrected chi connectivity index (χ2v) is 9.59. The molecule has 1 N–H and O–H groups in total. The monoisotopic (exact) mass is 581 g/mol. The summed E-state index contributed by atoms with van der Waals surface area (Å²) in [7, 11) is 0. The van der Waals surface area contributed by atoms with Gasteiger partial charge in [-0.05, 0) is 71.7 Å². The van der Waals surface area contributed by atoms with Gasteiger partial charge in [-0.3, -0.25) is 9.48 Å². The fourth-order valence-corrected chi connectivity index (χ4v) is 4.54. The number of aromatic nitrogens is 2. The Labute approximate surface area is 219 Å². The van der Waals surface area contributed by atoms with Crippen molar-refractivity contribution >= 4 is 62.3 Å². The first kappa shape index (κ1) is 24.7. The van der Waals surface area contributed by atoms with E-state index in [1.54, 1.807) is 12.1 Å². The van der Waals surface area contributed by atoms with Crippen molar-refractivity contribution < 1.29 is 13.9 Å². The number of rotatable bonds is 7. The predicted octanol–water partition coefficient (Wildman–Crippen LogP) is 7.70. The number of hydrogen-bond acceptors (Lipinski definition) is 4. The molecule has 2 aromatic carbocycles. The first-order valence-electron chi connectivity index (χ1n) is 10.2. The highest BCUT2D eigenvalue weighted by atomic mass is 79.9. The lowest BCUT2D eigenvalue weighted by molar-refractivity contribution is 0.0992. The zero-order valence-electron chi connectivity index (χ0n) is 18.2. The fourth-order valence-electron chi connectivity index (χ4n) is 3.33. The number of anilines is 1. The van der Waals surface area contributed by atoms with Crippen LogP contribution in [-0.4, -0.2) is 15.7 Å². The summed E-state index contributed by atoms with van der Waals surface area (Å²) in [6.45, 7) is 4.58. The van der Waals surface area contributed by atoms with Crippen molar-refractivity contribution in [3.63, 3.8) is 0 Å². The molecule has 176 valence electrons. The third-order valence-electron chi connectivity index (χ3n) is 5.02. The van der Waals surface area contributed by atoms with E-state index in [1.165, 1.54) is 12.1 Å². The zero-order valence-corrected chi connectivity index (χ0v) is 22.0. The summed E-state index contributed by atoms with van der Waals surface area (Å²) in [5.74, 6) is 0.511. The molecule has 0 fully saturated rings. The summed E-state index contributed by atoms with van der Waals surface area (Å²) in [5.41, 5.74) is 3.62. The summed E-state index contributed by atoms with van der Waals surface area (Å²) in [5, 5.41) is 8.37. The maximum absolute atomic E-state index is 12.7. The van der Waals surface area contributed by atoms with E-state index in [9.17, 15) is 4.79 Å². The molecule has 10 heteroatoms. The first-order chi connectivity index (χ1) is 16.2. The minimum atomic E-state index is -0.375. The van der Waals surface area contributed by atoms with Crippen molar-refractivity contribution in [1.82, 2.24) is 9.78 Å². The third-order valence-corrected chi connectivity index (χ3v) is 6.94. The van der Waals surface area contributed by atoms with E-state index in [0.29, 0.717) is 28.8 Å². The Kier molecular flexibility index (Phi) is 7.57. The lowest BCUT2D eigenvalue weighted by atomic mass is 10.2. The van der Waals surface area contributed by atoms with Gasteiger partial charge in [0, 0.05) is 10.7 Å². The second-order valence-electron chi connectivity index (χ2n) is 7.55. The van der Waals surface area contributed by atoms with Crippen LogP contribution in [0.4, 0.5) is 5.69 Å². The molecule has 0 spiro atoms. The zero-order chi connectivity index (χ0) is 24.4. The van der Waals surface area contributed by atoms with Crippen molar-refractivity contribution in [3.05, 3.63) is 96.5 Å². The topological polar surface area (TPSA) is 69.3 Å². The number of amides is 1. The first-order valence-corrected chi connectivity index (χ1v) is 12.1. The van der Waals surface area contributed by atoms with Gasteiger partial charge in [0.05, 0.1) is 32.5 Å². The number of furan rings is 1. The Balaban J connectivity index is 1.40. The molecule has 34 heavy (non-hydrogen) atoms. The highest BCUT2D eigenvalue weighted by Gasteiger charge is 2.15. The van der Waals surface area contributed by atoms with Crippen molar-refractivity contribution in [2.45, 2.75) is 27.0 Å². The molecule has 4 rings (SSSR count). The van der Waals surface area contributed by atoms with Gasteiger partial charge in [-0.2, -0.15) is 5.10 Å². The molecular formula is C24H19BrCl3N3O3. The van der Waals surface area contributed by atoms with Crippen LogP contribution in [0.25, 0.3) is 0 Å². The van der Waals surface area contributed by atoms with Gasteiger partial charge in [0.1, 0.15) is 12.4 Å². The van der Waals surface area contributed by atoms with Crippen LogP contribution in [0.3, 0.4) is 0 Å². The molecule has 2 heterocycles. The number of nitrogens with one attached hydrogen (secondary N) is 1. The molecule has 4 aromatic rings. The van der Waals surface area contributed by atoms with Gasteiger partial charge >= 0.3 is 0 Å². The van der Waals surface area contributed by atoms with Crippen LogP contribution < -0.4 is 10.1 Å². The van der Waals surface area contributed by atoms with Crippen LogP contribution in [-0.2, 0) is 13.2 Å². The van der Waals surface area contributed by atoms with E-state index in [4.69, 9.17) is 44.0 Å². The van der Waals surface area contributed by atoms with E-state index >= 15 is 0 Å². The Morgan fingerprint density at radius 3 is 2.53 bits per heavy atom. The quantitative estimate of drug-likeness (QED) is 0.242. The Bertz CT molecular complexity index is 1340. The standard InChI is InChI=1S/C24H19BrCl3N3O3/c1-13-22(25)14(2)31(30-13)11-15-4-3-5-17(8-15)29-24(32)21-7-6-18(34-21)12-33-23-19(27)9-16(26)10-20(23)28/h3-10H,11-12H2,1-2H3,(H,29,32). The molecule has 0 unspecified atom stereocenters. The van der Waals surface area contributed by atoms with Crippen LogP contribution in [0.2, 0.25) is 15.1 Å². The van der Waals surface area contributed by atoms with Crippen LogP contribution in [0.1, 0.15) is 33.3 Å². The Morgan fingerprint density at radius 1 is 1.12 bits per heavy atom. The number of carbonyl (C=O) groups excluding carboxylic acids is 1. The molecule has 0 radical (unpaired) electrons. The van der Waals surface area contributed by atoms with E-state index in [0.717, 1.165) is 21.4 Å². The minimum Gasteiger partial charge on any atom is -0.483 e. The molecule has 2 aromatic heterocycles. The molecule has 0 saturated carbocycles. The molecular weight excluding hydrogens is 565 g/mol. The maximum Gasteiger partial charge on any atom is 0.291 e. The van der Waals surface area contributed by atoms with E-state index in [1.807, 2.05) is 42.8 Å². The SMILES string of the molecule is Cc1nn(Cc2cccc(NC(=O)c3ccc(COc4c(Cl)cc(Cl)cc4Cl)o3)c2)c(C)c1Br. The Hall–Kier alpha value is -2.45. The molecule has 6 nitrogen and oxygen atoms in total. The van der Waals surface area contributed by atoms with Crippen molar-refractivity contribution in [1.29, 1.82) is 0 Å². The van der Waals surface area contributed by atoms with Gasteiger partial charge in [-0.25, -0.2) is 0 Å². The van der Waals surface area contributed by atoms with Gasteiger partial charge in [-0.1, -0.05) is 46.9 Å². The van der Waals surface area contributed by atoms with Gasteiger partial charge in [-0.15, -0.1) is 0 Å². The van der Waals surface area contributed by atoms with Crippen LogP contribution >= 0.6 is 50.7 Å². The van der Waals surface area contributed by atoms with Crippen molar-refractivity contribution in [3.8, 4) is 5.75 Å². The lowest BCUT2D eigenvalue weighted by Crippen LogP contribution is -2.11. The van der Waals surface area contributed by atoms with E-state index in [-0.39, 0.29) is 28.3 Å². The highest BCUT2D eigenvalue weighted by Crippen LogP contribution is 2.36. The number of halogens is 4. The predicted molar refractivity (Wildman–Crippen MR) is 137 cm³/mol. The van der Waals surface area contributed by atoms with Crippen LogP contribution in [0.15, 0.2) is 57.4 Å². The summed E-state index contributed by atoms with van der Waals surface area (Å²) in [6, 6.07) is 13.9. The highest BCUT2D eigenvalue weighted by molar-refractivity contribution is 9.10. The fraction of sp³-hybridized carbons (Fsp3) is 0.167. The Morgan fingerprint density at radius 2 is 1.85 bits per heavy atom. The molecule has 0 aliphatic rings.